The summed E-state index contributed by atoms with van der Waals surface area (Å²) in [6.45, 7) is 0. The molecule has 0 radical (unpaired) electrons. The van der Waals surface area contributed by atoms with Crippen LogP contribution in [-0.4, -0.2) is 22.8 Å². The van der Waals surface area contributed by atoms with Gasteiger partial charge in [0.2, 0.25) is 11.8 Å². The molecule has 5 aliphatic rings. The third-order valence-corrected chi connectivity index (χ3v) is 7.49. The number of nitrogens with zero attached hydrogens (tertiary/aromatic N) is 1. The summed E-state index contributed by atoms with van der Waals surface area (Å²) in [6, 6.07) is 10.8. The van der Waals surface area contributed by atoms with Crippen LogP contribution in [0.4, 0.5) is 11.4 Å². The van der Waals surface area contributed by atoms with Crippen molar-refractivity contribution in [2.45, 2.75) is 6.42 Å². The molecular weight excluding hydrogens is 416 g/mol. The molecule has 4 aliphatic carbocycles. The van der Waals surface area contributed by atoms with Gasteiger partial charge in [-0.1, -0.05) is 23.8 Å². The summed E-state index contributed by atoms with van der Waals surface area (Å²) in [6.07, 6.45) is 5.42. The molecule has 6 nitrogen and oxygen atoms in total. The number of halogens is 1. The van der Waals surface area contributed by atoms with Gasteiger partial charge < -0.3 is 10.4 Å². The lowest BCUT2D eigenvalue weighted by molar-refractivity contribution is -0.124. The number of imide groups is 1. The first kappa shape index (κ1) is 18.6. The predicted octanol–water partition coefficient (Wildman–Crippen LogP) is 3.86. The molecule has 3 fully saturated rings. The minimum absolute atomic E-state index is 0.122. The van der Waals surface area contributed by atoms with Crippen LogP contribution in [0.3, 0.4) is 0 Å². The van der Waals surface area contributed by atoms with Crippen LogP contribution >= 0.6 is 11.6 Å². The molecule has 1 saturated heterocycles. The molecule has 3 amide bonds. The minimum Gasteiger partial charge on any atom is -0.506 e. The number of aromatic hydroxyl groups is 1. The number of phenols is 1. The Morgan fingerprint density at radius 2 is 1.58 bits per heavy atom. The second-order valence-corrected chi connectivity index (χ2v) is 9.27. The zero-order chi connectivity index (χ0) is 21.4. The van der Waals surface area contributed by atoms with Gasteiger partial charge >= 0.3 is 0 Å². The van der Waals surface area contributed by atoms with Gasteiger partial charge in [0.05, 0.1) is 23.2 Å². The molecule has 1 heterocycles. The van der Waals surface area contributed by atoms with E-state index in [0.29, 0.717) is 28.1 Å². The highest BCUT2D eigenvalue weighted by Gasteiger charge is 2.67. The van der Waals surface area contributed by atoms with Gasteiger partial charge in [0.25, 0.3) is 5.91 Å². The smallest absolute Gasteiger partial charge is 0.255 e. The van der Waals surface area contributed by atoms with E-state index in [4.69, 9.17) is 11.6 Å². The molecule has 2 bridgehead atoms. The molecule has 6 atom stereocenters. The van der Waals surface area contributed by atoms with Gasteiger partial charge in [0.1, 0.15) is 5.75 Å². The molecule has 2 saturated carbocycles. The van der Waals surface area contributed by atoms with Crippen molar-refractivity contribution < 1.29 is 19.5 Å². The van der Waals surface area contributed by atoms with E-state index >= 15 is 0 Å². The number of anilines is 2. The predicted molar refractivity (Wildman–Crippen MR) is 115 cm³/mol. The van der Waals surface area contributed by atoms with Gasteiger partial charge in [-0.2, -0.15) is 0 Å². The number of carbonyl (C=O) groups excluding carboxylic acids is 3. The molecule has 0 aromatic heterocycles. The number of rotatable bonds is 3. The Morgan fingerprint density at radius 3 is 2.16 bits per heavy atom. The zero-order valence-electron chi connectivity index (χ0n) is 16.4. The number of phenolic OH excluding ortho intramolecular Hbond substituents is 1. The fourth-order valence-corrected chi connectivity index (χ4v) is 5.94. The number of carbonyl (C=O) groups is 3. The summed E-state index contributed by atoms with van der Waals surface area (Å²) in [5.74, 6) is 0.188. The third-order valence-electron chi connectivity index (χ3n) is 7.26. The van der Waals surface area contributed by atoms with Crippen LogP contribution in [0.1, 0.15) is 16.8 Å². The Morgan fingerprint density at radius 1 is 0.968 bits per heavy atom. The lowest BCUT2D eigenvalue weighted by Gasteiger charge is -2.37. The Balaban J connectivity index is 1.23. The van der Waals surface area contributed by atoms with E-state index in [0.717, 1.165) is 6.42 Å². The molecule has 1 aliphatic heterocycles. The van der Waals surface area contributed by atoms with E-state index in [1.807, 2.05) is 0 Å². The summed E-state index contributed by atoms with van der Waals surface area (Å²) in [5.41, 5.74) is 1.08. The van der Waals surface area contributed by atoms with Gasteiger partial charge in [-0.15, -0.1) is 0 Å². The van der Waals surface area contributed by atoms with Crippen molar-refractivity contribution in [3.05, 3.63) is 65.2 Å². The third kappa shape index (κ3) is 2.67. The normalized spacial score (nSPS) is 32.1. The molecule has 0 spiro atoms. The van der Waals surface area contributed by atoms with Crippen LogP contribution in [0.15, 0.2) is 54.6 Å². The Kier molecular flexibility index (Phi) is 3.87. The molecule has 0 unspecified atom stereocenters. The maximum Gasteiger partial charge on any atom is 0.255 e. The number of allylic oxidation sites excluding steroid dienone is 2. The van der Waals surface area contributed by atoms with Crippen LogP contribution < -0.4 is 10.2 Å². The molecule has 31 heavy (non-hydrogen) atoms. The van der Waals surface area contributed by atoms with Crippen molar-refractivity contribution in [3.8, 4) is 5.75 Å². The Bertz CT molecular complexity index is 1140. The van der Waals surface area contributed by atoms with Crippen LogP contribution in [0.2, 0.25) is 5.02 Å². The molecule has 2 N–H and O–H groups in total. The second kappa shape index (κ2) is 6.44. The first-order chi connectivity index (χ1) is 14.9. The maximum atomic E-state index is 13.2. The van der Waals surface area contributed by atoms with Gasteiger partial charge in [-0.25, -0.2) is 0 Å². The van der Waals surface area contributed by atoms with Crippen molar-refractivity contribution >= 4 is 40.7 Å². The summed E-state index contributed by atoms with van der Waals surface area (Å²) in [7, 11) is 0. The van der Waals surface area contributed by atoms with Crippen LogP contribution in [0.5, 0.6) is 5.75 Å². The molecule has 156 valence electrons. The van der Waals surface area contributed by atoms with Gasteiger partial charge in [-0.05, 0) is 66.5 Å². The van der Waals surface area contributed by atoms with Crippen LogP contribution in [0.25, 0.3) is 0 Å². The topological polar surface area (TPSA) is 86.7 Å². The van der Waals surface area contributed by atoms with Gasteiger partial charge in [0.15, 0.2) is 0 Å². The van der Waals surface area contributed by atoms with E-state index in [2.05, 4.69) is 17.5 Å². The minimum atomic E-state index is -0.417. The first-order valence-electron chi connectivity index (χ1n) is 10.4. The number of hydrogen-bond acceptors (Lipinski definition) is 4. The summed E-state index contributed by atoms with van der Waals surface area (Å²) < 4.78 is 0. The molecule has 2 aromatic rings. The van der Waals surface area contributed by atoms with Gasteiger partial charge in [0, 0.05) is 16.7 Å². The van der Waals surface area contributed by atoms with Crippen molar-refractivity contribution in [1.29, 1.82) is 0 Å². The van der Waals surface area contributed by atoms with Crippen molar-refractivity contribution in [2.75, 3.05) is 10.2 Å². The number of amides is 3. The monoisotopic (exact) mass is 434 g/mol. The fourth-order valence-electron chi connectivity index (χ4n) is 5.78. The maximum absolute atomic E-state index is 13.2. The quantitative estimate of drug-likeness (QED) is 0.436. The highest BCUT2D eigenvalue weighted by molar-refractivity contribution is 6.30. The lowest BCUT2D eigenvalue weighted by Crippen LogP contribution is -2.40. The average Bonchev–Trinajstić information content (AvgIpc) is 3.54. The van der Waals surface area contributed by atoms with Crippen LogP contribution in [0, 0.1) is 35.5 Å². The molecule has 7 rings (SSSR count). The van der Waals surface area contributed by atoms with Crippen molar-refractivity contribution in [2.24, 2.45) is 35.5 Å². The molecular formula is C24H19ClN2O4. The highest BCUT2D eigenvalue weighted by atomic mass is 35.5. The number of hydrogen-bond donors (Lipinski definition) is 2. The largest absolute Gasteiger partial charge is 0.506 e. The number of benzene rings is 2. The fraction of sp³-hybridized carbons (Fsp3) is 0.292. The standard InChI is InChI=1S/C24H19ClN2O4/c25-12-3-8-18(19(28)9-12)26-22(29)11-1-4-13(5-2-11)27-23(30)20-14-6-7-15(17-10-16(14)17)21(20)24(27)31/h1-9,14-17,20-21,28H,10H2,(H,26,29)/t14-,15-,16-,17-,20-,21+/m0/s1. The van der Waals surface area contributed by atoms with E-state index in [9.17, 15) is 19.5 Å². The van der Waals surface area contributed by atoms with Crippen molar-refractivity contribution in [3.63, 3.8) is 0 Å². The van der Waals surface area contributed by atoms with E-state index in [1.165, 1.54) is 17.0 Å². The summed E-state index contributed by atoms with van der Waals surface area (Å²) in [5, 5.41) is 12.9. The average molecular weight is 435 g/mol. The lowest BCUT2D eigenvalue weighted by atomic mass is 9.63. The van der Waals surface area contributed by atoms with E-state index in [-0.39, 0.29) is 46.9 Å². The molecule has 2 aromatic carbocycles. The van der Waals surface area contributed by atoms with E-state index in [1.54, 1.807) is 30.3 Å². The van der Waals surface area contributed by atoms with Gasteiger partial charge in [-0.3, -0.25) is 19.3 Å². The summed E-state index contributed by atoms with van der Waals surface area (Å²) in [4.78, 5) is 40.2. The molecule has 7 heteroatoms. The SMILES string of the molecule is O=C(Nc1ccc(Cl)cc1O)c1ccc(N2C(=O)[C@@H]3[C@H]4C=C[C@@H]([C@@H]5C[C@@H]45)[C@@H]3C2=O)cc1. The first-order valence-corrected chi connectivity index (χ1v) is 10.8. The van der Waals surface area contributed by atoms with E-state index < -0.39 is 5.91 Å². The Labute approximate surface area is 183 Å². The zero-order valence-corrected chi connectivity index (χ0v) is 17.1. The Hall–Kier alpha value is -3.12. The van der Waals surface area contributed by atoms with Crippen LogP contribution in [-0.2, 0) is 9.59 Å². The second-order valence-electron chi connectivity index (χ2n) is 8.83. The highest BCUT2D eigenvalue weighted by Crippen LogP contribution is 2.65. The van der Waals surface area contributed by atoms with Crippen molar-refractivity contribution in [1.82, 2.24) is 0 Å². The summed E-state index contributed by atoms with van der Waals surface area (Å²) >= 11 is 5.81. The number of nitrogens with one attached hydrogen (secondary N) is 1.